The summed E-state index contributed by atoms with van der Waals surface area (Å²) in [6.45, 7) is -0.0879. The second-order valence-electron chi connectivity index (χ2n) is 6.17. The zero-order valence-corrected chi connectivity index (χ0v) is 18.3. The number of nitrogens with zero attached hydrogens (tertiary/aromatic N) is 4. The number of amides is 1. The summed E-state index contributed by atoms with van der Waals surface area (Å²) in [4.78, 5) is 15.7. The van der Waals surface area contributed by atoms with Crippen LogP contribution in [0.4, 0.5) is 5.82 Å². The van der Waals surface area contributed by atoms with E-state index in [2.05, 4.69) is 62.3 Å². The molecule has 0 bridgehead atoms. The van der Waals surface area contributed by atoms with Gasteiger partial charge in [0.2, 0.25) is 11.5 Å². The molecule has 4 N–H and O–H groups in total. The van der Waals surface area contributed by atoms with E-state index in [4.69, 9.17) is 5.73 Å². The van der Waals surface area contributed by atoms with Gasteiger partial charge in [-0.3, -0.25) is 4.79 Å². The molecule has 4 aromatic rings. The summed E-state index contributed by atoms with van der Waals surface area (Å²) in [5.74, 6) is -0.0962. The maximum absolute atomic E-state index is 12.5. The van der Waals surface area contributed by atoms with Gasteiger partial charge in [-0.05, 0) is 40.1 Å². The monoisotopic (exact) mass is 533 g/mol. The van der Waals surface area contributed by atoms with E-state index in [-0.39, 0.29) is 23.8 Å². The molecule has 0 aliphatic heterocycles. The van der Waals surface area contributed by atoms with Crippen molar-refractivity contribution in [1.29, 1.82) is 0 Å². The van der Waals surface area contributed by atoms with Crippen LogP contribution in [0.25, 0.3) is 22.6 Å². The van der Waals surface area contributed by atoms with Crippen molar-refractivity contribution in [2.75, 3.05) is 5.73 Å². The molecular formula is C18H13Br2N7O3. The Bertz CT molecular complexity index is 1280. The molecule has 0 spiro atoms. The summed E-state index contributed by atoms with van der Waals surface area (Å²) >= 11 is 6.50. The van der Waals surface area contributed by atoms with Crippen LogP contribution >= 0.6 is 31.9 Å². The second-order valence-corrected chi connectivity index (χ2v) is 7.94. The van der Waals surface area contributed by atoms with E-state index in [1.54, 1.807) is 16.7 Å². The third kappa shape index (κ3) is 3.91. The number of para-hydroxylation sites is 2. The summed E-state index contributed by atoms with van der Waals surface area (Å²) < 4.78 is 7.46. The number of nitrogen functional groups attached to an aromatic ring is 1. The van der Waals surface area contributed by atoms with Gasteiger partial charge in [0, 0.05) is 8.95 Å². The number of H-pyrrole nitrogens is 1. The zero-order chi connectivity index (χ0) is 21.3. The predicted molar refractivity (Wildman–Crippen MR) is 113 cm³/mol. The van der Waals surface area contributed by atoms with Gasteiger partial charge in [-0.2, -0.15) is 5.10 Å². The first kappa shape index (κ1) is 20.0. The number of hydrogen-bond acceptors (Lipinski definition) is 7. The number of imidazole rings is 1. The van der Waals surface area contributed by atoms with Gasteiger partial charge in [0.1, 0.15) is 0 Å². The zero-order valence-electron chi connectivity index (χ0n) is 15.1. The summed E-state index contributed by atoms with van der Waals surface area (Å²) in [6.07, 6.45) is 1.29. The first-order valence-electron chi connectivity index (χ1n) is 8.51. The van der Waals surface area contributed by atoms with E-state index < -0.39 is 5.91 Å². The Morgan fingerprint density at radius 1 is 1.33 bits per heavy atom. The highest BCUT2D eigenvalue weighted by Gasteiger charge is 2.27. The van der Waals surface area contributed by atoms with Gasteiger partial charge in [-0.1, -0.05) is 49.7 Å². The summed E-state index contributed by atoms with van der Waals surface area (Å²) in [5, 5.41) is 23.4. The first-order chi connectivity index (χ1) is 14.4. The normalized spacial score (nSPS) is 11.4. The SMILES string of the molecule is Nc1nonc1-c1[nH]c2ccccc2[n+]1CC(=O)N/N=C/c1cc(Br)cc(Br)c1[O-]. The molecule has 0 fully saturated rings. The maximum atomic E-state index is 12.5. The lowest BCUT2D eigenvalue weighted by atomic mass is 10.2. The molecule has 4 rings (SSSR count). The van der Waals surface area contributed by atoms with E-state index in [1.807, 2.05) is 24.3 Å². The predicted octanol–water partition coefficient (Wildman–Crippen LogP) is 1.84. The second kappa shape index (κ2) is 8.24. The van der Waals surface area contributed by atoms with Crippen molar-refractivity contribution in [2.45, 2.75) is 6.54 Å². The Morgan fingerprint density at radius 3 is 2.90 bits per heavy atom. The molecule has 2 aromatic heterocycles. The number of hydrazone groups is 1. The van der Waals surface area contributed by atoms with Gasteiger partial charge in [0.05, 0.1) is 6.21 Å². The van der Waals surface area contributed by atoms with Crippen LogP contribution in [0.15, 0.2) is 55.1 Å². The lowest BCUT2D eigenvalue weighted by Crippen LogP contribution is -2.42. The average molecular weight is 535 g/mol. The number of aromatic nitrogens is 4. The first-order valence-corrected chi connectivity index (χ1v) is 10.1. The van der Waals surface area contributed by atoms with Gasteiger partial charge in [0.15, 0.2) is 17.6 Å². The standard InChI is InChI=1S/C18H13Br2N7O3/c19-10-5-9(16(29)11(20)6-10)7-22-24-14(28)8-27-13-4-2-1-3-12(13)23-18(27)15-17(21)26-30-25-15/h1-7H,8H2,(H4,21,22,23,24,25,26,28,29). The van der Waals surface area contributed by atoms with Crippen LogP contribution in [0.2, 0.25) is 0 Å². The number of anilines is 1. The smallest absolute Gasteiger partial charge is 0.314 e. The lowest BCUT2D eigenvalue weighted by molar-refractivity contribution is -0.647. The molecule has 0 unspecified atom stereocenters. The molecule has 0 saturated heterocycles. The largest absolute Gasteiger partial charge is 0.871 e. The van der Waals surface area contributed by atoms with Crippen molar-refractivity contribution in [1.82, 2.24) is 20.7 Å². The van der Waals surface area contributed by atoms with E-state index in [0.29, 0.717) is 20.3 Å². The number of carbonyl (C=O) groups excluding carboxylic acids is 1. The number of halogens is 2. The number of hydrogen-bond donors (Lipinski definition) is 3. The molecule has 0 aliphatic carbocycles. The minimum Gasteiger partial charge on any atom is -0.871 e. The topological polar surface area (TPSA) is 149 Å². The van der Waals surface area contributed by atoms with E-state index in [0.717, 1.165) is 11.0 Å². The molecule has 10 nitrogen and oxygen atoms in total. The highest BCUT2D eigenvalue weighted by atomic mass is 79.9. The number of nitrogens with one attached hydrogen (secondary N) is 2. The molecule has 2 heterocycles. The van der Waals surface area contributed by atoms with Crippen molar-refractivity contribution in [2.24, 2.45) is 5.10 Å². The van der Waals surface area contributed by atoms with Crippen LogP contribution < -0.4 is 20.8 Å². The minimum absolute atomic E-state index is 0.0879. The number of benzene rings is 2. The van der Waals surface area contributed by atoms with E-state index >= 15 is 0 Å². The molecule has 1 amide bonds. The lowest BCUT2D eigenvalue weighted by Gasteiger charge is -2.12. The molecule has 0 atom stereocenters. The molecule has 0 aliphatic rings. The summed E-state index contributed by atoms with van der Waals surface area (Å²) in [6, 6.07) is 10.7. The van der Waals surface area contributed by atoms with Crippen molar-refractivity contribution in [3.63, 3.8) is 0 Å². The Hall–Kier alpha value is -3.25. The van der Waals surface area contributed by atoms with Crippen LogP contribution in [0.1, 0.15) is 5.56 Å². The van der Waals surface area contributed by atoms with Gasteiger partial charge in [-0.15, -0.1) is 0 Å². The fourth-order valence-electron chi connectivity index (χ4n) is 2.87. The van der Waals surface area contributed by atoms with Crippen LogP contribution in [0, 0.1) is 0 Å². The summed E-state index contributed by atoms with van der Waals surface area (Å²) in [7, 11) is 0. The van der Waals surface area contributed by atoms with Crippen molar-refractivity contribution in [3.05, 3.63) is 50.9 Å². The average Bonchev–Trinajstić information content (AvgIpc) is 3.29. The Kier molecular flexibility index (Phi) is 5.50. The molecule has 152 valence electrons. The highest BCUT2D eigenvalue weighted by Crippen LogP contribution is 2.28. The number of aromatic amines is 1. The maximum Gasteiger partial charge on any atom is 0.314 e. The number of carbonyl (C=O) groups is 1. The van der Waals surface area contributed by atoms with Crippen molar-refractivity contribution < 1.29 is 19.1 Å². The quantitative estimate of drug-likeness (QED) is 0.202. The van der Waals surface area contributed by atoms with Crippen LogP contribution in [0.3, 0.4) is 0 Å². The third-order valence-electron chi connectivity index (χ3n) is 4.19. The van der Waals surface area contributed by atoms with Crippen LogP contribution in [-0.4, -0.2) is 27.4 Å². The highest BCUT2D eigenvalue weighted by molar-refractivity contribution is 9.11. The van der Waals surface area contributed by atoms with Crippen molar-refractivity contribution >= 4 is 60.8 Å². The minimum atomic E-state index is -0.418. The van der Waals surface area contributed by atoms with Gasteiger partial charge < -0.3 is 10.8 Å². The van der Waals surface area contributed by atoms with Gasteiger partial charge >= 0.3 is 5.82 Å². The molecule has 0 radical (unpaired) electrons. The third-order valence-corrected chi connectivity index (χ3v) is 5.23. The van der Waals surface area contributed by atoms with E-state index in [1.165, 1.54) is 6.21 Å². The Morgan fingerprint density at radius 2 is 2.13 bits per heavy atom. The summed E-state index contributed by atoms with van der Waals surface area (Å²) in [5.41, 5.74) is 10.4. The number of nitrogens with two attached hydrogens (primary N) is 1. The molecule has 0 saturated carbocycles. The van der Waals surface area contributed by atoms with Crippen molar-refractivity contribution in [3.8, 4) is 17.3 Å². The molecule has 30 heavy (non-hydrogen) atoms. The molecule has 12 heteroatoms. The van der Waals surface area contributed by atoms with Gasteiger partial charge in [-0.25, -0.2) is 19.6 Å². The molecular weight excluding hydrogens is 522 g/mol. The molecule has 2 aromatic carbocycles. The Balaban J connectivity index is 1.59. The van der Waals surface area contributed by atoms with Gasteiger partial charge in [0.25, 0.3) is 5.91 Å². The van der Waals surface area contributed by atoms with Crippen LogP contribution in [0.5, 0.6) is 5.75 Å². The fourth-order valence-corrected chi connectivity index (χ4v) is 4.13. The van der Waals surface area contributed by atoms with Crippen LogP contribution in [-0.2, 0) is 11.3 Å². The number of fused-ring (bicyclic) bond motifs is 1. The Labute approximate surface area is 186 Å². The van der Waals surface area contributed by atoms with E-state index in [9.17, 15) is 9.90 Å². The fraction of sp³-hybridized carbons (Fsp3) is 0.0556. The number of rotatable bonds is 5.